The number of likely N-dealkylation sites (tertiary alicyclic amines) is 1. The predicted octanol–water partition coefficient (Wildman–Crippen LogP) is 2.25. The normalized spacial score (nSPS) is 28.4. The largest absolute Gasteiger partial charge is 0.389 e. The molecule has 0 amide bonds. The van der Waals surface area contributed by atoms with E-state index >= 15 is 0 Å². The summed E-state index contributed by atoms with van der Waals surface area (Å²) >= 11 is 0. The molecule has 1 aliphatic carbocycles. The van der Waals surface area contributed by atoms with Crippen molar-refractivity contribution in [1.82, 2.24) is 10.2 Å². The minimum atomic E-state index is -0.443. The van der Waals surface area contributed by atoms with Gasteiger partial charge in [-0.15, -0.1) is 0 Å². The molecule has 112 valence electrons. The van der Waals surface area contributed by atoms with Crippen molar-refractivity contribution in [2.45, 2.75) is 58.0 Å². The monoisotopic (exact) mass is 268 g/mol. The molecule has 0 bridgehead atoms. The van der Waals surface area contributed by atoms with Gasteiger partial charge in [0, 0.05) is 6.54 Å². The summed E-state index contributed by atoms with van der Waals surface area (Å²) in [5.74, 6) is 0.805. The van der Waals surface area contributed by atoms with Crippen LogP contribution in [0.1, 0.15) is 52.4 Å². The molecule has 2 rings (SSSR count). The SMILES string of the molecule is CN1CCC(CNCC2(O)CCC(C)(C)CC2)CC1. The molecule has 2 N–H and O–H groups in total. The maximum atomic E-state index is 10.6. The molecule has 3 heteroatoms. The van der Waals surface area contributed by atoms with Gasteiger partial charge in [-0.25, -0.2) is 0 Å². The zero-order valence-corrected chi connectivity index (χ0v) is 13.0. The Morgan fingerprint density at radius 3 is 2.26 bits per heavy atom. The average molecular weight is 268 g/mol. The summed E-state index contributed by atoms with van der Waals surface area (Å²) in [5.41, 5.74) is -0.0127. The number of piperidine rings is 1. The van der Waals surface area contributed by atoms with E-state index in [0.29, 0.717) is 5.41 Å². The summed E-state index contributed by atoms with van der Waals surface area (Å²) < 4.78 is 0. The molecule has 0 aromatic rings. The molecule has 3 nitrogen and oxygen atoms in total. The van der Waals surface area contributed by atoms with Gasteiger partial charge in [0.25, 0.3) is 0 Å². The van der Waals surface area contributed by atoms with Crippen LogP contribution >= 0.6 is 0 Å². The lowest BCUT2D eigenvalue weighted by Gasteiger charge is -2.40. The maximum Gasteiger partial charge on any atom is 0.0772 e. The van der Waals surface area contributed by atoms with Crippen LogP contribution < -0.4 is 5.32 Å². The molecular formula is C16H32N2O. The molecule has 2 fully saturated rings. The van der Waals surface area contributed by atoms with Crippen LogP contribution in [0, 0.1) is 11.3 Å². The van der Waals surface area contributed by atoms with Crippen molar-refractivity contribution in [3.63, 3.8) is 0 Å². The van der Waals surface area contributed by atoms with E-state index in [1.54, 1.807) is 0 Å². The van der Waals surface area contributed by atoms with E-state index < -0.39 is 5.60 Å². The smallest absolute Gasteiger partial charge is 0.0772 e. The van der Waals surface area contributed by atoms with Crippen LogP contribution in [0.4, 0.5) is 0 Å². The molecule has 1 heterocycles. The van der Waals surface area contributed by atoms with Crippen molar-refractivity contribution in [2.24, 2.45) is 11.3 Å². The Morgan fingerprint density at radius 2 is 1.68 bits per heavy atom. The molecule has 1 saturated heterocycles. The Balaban J connectivity index is 1.65. The Labute approximate surface area is 118 Å². The number of nitrogens with one attached hydrogen (secondary N) is 1. The number of rotatable bonds is 4. The Bertz CT molecular complexity index is 272. The summed E-state index contributed by atoms with van der Waals surface area (Å²) in [6.45, 7) is 8.96. The van der Waals surface area contributed by atoms with E-state index in [-0.39, 0.29) is 0 Å². The van der Waals surface area contributed by atoms with Gasteiger partial charge in [0.15, 0.2) is 0 Å². The van der Waals surface area contributed by atoms with E-state index in [2.05, 4.69) is 31.1 Å². The third kappa shape index (κ3) is 4.73. The topological polar surface area (TPSA) is 35.5 Å². The molecule has 0 spiro atoms. The van der Waals surface area contributed by atoms with Gasteiger partial charge in [0.1, 0.15) is 0 Å². The first-order valence-corrected chi connectivity index (χ1v) is 8.00. The van der Waals surface area contributed by atoms with Crippen molar-refractivity contribution in [1.29, 1.82) is 0 Å². The minimum Gasteiger partial charge on any atom is -0.389 e. The molecule has 0 unspecified atom stereocenters. The van der Waals surface area contributed by atoms with Crippen LogP contribution in [-0.2, 0) is 0 Å². The van der Waals surface area contributed by atoms with Crippen molar-refractivity contribution >= 4 is 0 Å². The summed E-state index contributed by atoms with van der Waals surface area (Å²) in [5, 5.41) is 14.1. The maximum absolute atomic E-state index is 10.6. The summed E-state index contributed by atoms with van der Waals surface area (Å²) in [4.78, 5) is 2.41. The van der Waals surface area contributed by atoms with Gasteiger partial charge < -0.3 is 15.3 Å². The van der Waals surface area contributed by atoms with Gasteiger partial charge in [0.2, 0.25) is 0 Å². The molecule has 1 aliphatic heterocycles. The molecule has 0 aromatic heterocycles. The second-order valence-electron chi connectivity index (χ2n) is 7.77. The highest BCUT2D eigenvalue weighted by Gasteiger charge is 2.36. The summed E-state index contributed by atoms with van der Waals surface area (Å²) in [6, 6.07) is 0. The van der Waals surface area contributed by atoms with Crippen LogP contribution in [0.3, 0.4) is 0 Å². The fourth-order valence-corrected chi connectivity index (χ4v) is 3.34. The molecular weight excluding hydrogens is 236 g/mol. The van der Waals surface area contributed by atoms with Gasteiger partial charge in [-0.1, -0.05) is 13.8 Å². The molecule has 19 heavy (non-hydrogen) atoms. The lowest BCUT2D eigenvalue weighted by Crippen LogP contribution is -2.46. The van der Waals surface area contributed by atoms with E-state index in [9.17, 15) is 5.11 Å². The predicted molar refractivity (Wildman–Crippen MR) is 80.3 cm³/mol. The summed E-state index contributed by atoms with van der Waals surface area (Å²) in [6.07, 6.45) is 6.82. The third-order valence-electron chi connectivity index (χ3n) is 5.26. The standard InChI is InChI=1S/C16H32N2O/c1-15(2)6-8-16(19,9-7-15)13-17-12-14-4-10-18(3)11-5-14/h14,17,19H,4-13H2,1-3H3. The first kappa shape index (κ1) is 15.3. The minimum absolute atomic E-state index is 0.431. The van der Waals surface area contributed by atoms with Crippen LogP contribution in [0.25, 0.3) is 0 Å². The average Bonchev–Trinajstić information content (AvgIpc) is 2.36. The molecule has 1 saturated carbocycles. The van der Waals surface area contributed by atoms with Gasteiger partial charge >= 0.3 is 0 Å². The van der Waals surface area contributed by atoms with Gasteiger partial charge in [-0.2, -0.15) is 0 Å². The highest BCUT2D eigenvalue weighted by atomic mass is 16.3. The second-order valence-corrected chi connectivity index (χ2v) is 7.77. The van der Waals surface area contributed by atoms with Crippen LogP contribution in [0.5, 0.6) is 0 Å². The van der Waals surface area contributed by atoms with Crippen molar-refractivity contribution in [3.05, 3.63) is 0 Å². The third-order valence-corrected chi connectivity index (χ3v) is 5.26. The van der Waals surface area contributed by atoms with E-state index in [0.717, 1.165) is 44.7 Å². The summed E-state index contributed by atoms with van der Waals surface area (Å²) in [7, 11) is 2.20. The Hall–Kier alpha value is -0.120. The van der Waals surface area contributed by atoms with Gasteiger partial charge in [0.05, 0.1) is 5.60 Å². The zero-order chi connectivity index (χ0) is 13.9. The van der Waals surface area contributed by atoms with Crippen LogP contribution in [0.2, 0.25) is 0 Å². The second kappa shape index (κ2) is 6.11. The van der Waals surface area contributed by atoms with E-state index in [4.69, 9.17) is 0 Å². The first-order chi connectivity index (χ1) is 8.89. The van der Waals surface area contributed by atoms with Crippen LogP contribution in [0.15, 0.2) is 0 Å². The van der Waals surface area contributed by atoms with Crippen molar-refractivity contribution in [2.75, 3.05) is 33.2 Å². The number of aliphatic hydroxyl groups is 1. The lowest BCUT2D eigenvalue weighted by atomic mass is 9.71. The molecule has 2 aliphatic rings. The Morgan fingerprint density at radius 1 is 1.11 bits per heavy atom. The Kier molecular flexibility index (Phi) is 4.91. The highest BCUT2D eigenvalue weighted by Crippen LogP contribution is 2.39. The zero-order valence-electron chi connectivity index (χ0n) is 13.0. The first-order valence-electron chi connectivity index (χ1n) is 8.00. The van der Waals surface area contributed by atoms with E-state index in [1.807, 2.05) is 0 Å². The van der Waals surface area contributed by atoms with Crippen molar-refractivity contribution < 1.29 is 5.11 Å². The quantitative estimate of drug-likeness (QED) is 0.821. The lowest BCUT2D eigenvalue weighted by molar-refractivity contribution is -0.0250. The molecule has 0 aromatic carbocycles. The fourth-order valence-electron chi connectivity index (χ4n) is 3.34. The van der Waals surface area contributed by atoms with Crippen molar-refractivity contribution in [3.8, 4) is 0 Å². The molecule has 0 atom stereocenters. The number of hydrogen-bond acceptors (Lipinski definition) is 3. The van der Waals surface area contributed by atoms with Crippen LogP contribution in [-0.4, -0.2) is 48.8 Å². The highest BCUT2D eigenvalue weighted by molar-refractivity contribution is 4.90. The van der Waals surface area contributed by atoms with E-state index in [1.165, 1.54) is 25.9 Å². The number of nitrogens with zero attached hydrogens (tertiary/aromatic N) is 1. The van der Waals surface area contributed by atoms with Gasteiger partial charge in [-0.05, 0) is 76.5 Å². The fraction of sp³-hybridized carbons (Fsp3) is 1.00. The van der Waals surface area contributed by atoms with Gasteiger partial charge in [-0.3, -0.25) is 0 Å². The molecule has 0 radical (unpaired) electrons. The number of hydrogen-bond donors (Lipinski definition) is 2.